The van der Waals surface area contributed by atoms with Crippen LogP contribution in [-0.2, 0) is 4.74 Å². The van der Waals surface area contributed by atoms with Crippen molar-refractivity contribution in [2.75, 3.05) is 20.3 Å². The topological polar surface area (TPSA) is 73.3 Å². The van der Waals surface area contributed by atoms with Gasteiger partial charge in [0.2, 0.25) is 11.7 Å². The molecule has 96 valence electrons. The summed E-state index contributed by atoms with van der Waals surface area (Å²) in [5.74, 6) is 2.08. The lowest BCUT2D eigenvalue weighted by atomic mass is 10.0. The van der Waals surface area contributed by atoms with Gasteiger partial charge in [-0.1, -0.05) is 5.16 Å². The molecule has 2 aromatic rings. The van der Waals surface area contributed by atoms with Crippen molar-refractivity contribution in [2.24, 2.45) is 0 Å². The smallest absolute Gasteiger partial charge is 0.234 e. The molecule has 1 aliphatic rings. The van der Waals surface area contributed by atoms with Crippen LogP contribution in [0.3, 0.4) is 0 Å². The van der Waals surface area contributed by atoms with Gasteiger partial charge in [0.25, 0.3) is 0 Å². The van der Waals surface area contributed by atoms with Crippen molar-refractivity contribution in [3.05, 3.63) is 24.0 Å². The molecule has 2 aromatic heterocycles. The fourth-order valence-electron chi connectivity index (χ4n) is 2.19. The van der Waals surface area contributed by atoms with Crippen LogP contribution in [0, 0.1) is 6.92 Å². The number of aromatic nitrogens is 2. The van der Waals surface area contributed by atoms with E-state index in [0.717, 1.165) is 11.3 Å². The molecule has 2 unspecified atom stereocenters. The molecule has 0 spiro atoms. The van der Waals surface area contributed by atoms with Gasteiger partial charge in [-0.3, -0.25) is 0 Å². The Bertz CT molecular complexity index is 534. The number of hydrogen-bond donors (Lipinski definition) is 1. The molecular weight excluding hydrogens is 234 g/mol. The second-order valence-electron chi connectivity index (χ2n) is 4.39. The molecule has 1 saturated heterocycles. The molecule has 3 heterocycles. The summed E-state index contributed by atoms with van der Waals surface area (Å²) in [7, 11) is 1.91. The molecule has 0 saturated carbocycles. The molecule has 0 bridgehead atoms. The maximum Gasteiger partial charge on any atom is 0.234 e. The van der Waals surface area contributed by atoms with E-state index in [1.807, 2.05) is 20.0 Å². The van der Waals surface area contributed by atoms with E-state index in [1.165, 1.54) is 0 Å². The van der Waals surface area contributed by atoms with Crippen LogP contribution in [0.25, 0.3) is 11.4 Å². The van der Waals surface area contributed by atoms with Crippen LogP contribution in [0.15, 0.2) is 21.3 Å². The Morgan fingerprint density at radius 1 is 1.39 bits per heavy atom. The minimum Gasteiger partial charge on any atom is -0.469 e. The fourth-order valence-corrected chi connectivity index (χ4v) is 2.19. The first-order valence-corrected chi connectivity index (χ1v) is 5.92. The Hall–Kier alpha value is -1.66. The zero-order valence-corrected chi connectivity index (χ0v) is 10.3. The first-order chi connectivity index (χ1) is 8.79. The average molecular weight is 249 g/mol. The lowest BCUT2D eigenvalue weighted by Gasteiger charge is -2.11. The monoisotopic (exact) mass is 249 g/mol. The van der Waals surface area contributed by atoms with E-state index in [1.54, 1.807) is 6.26 Å². The van der Waals surface area contributed by atoms with Gasteiger partial charge in [-0.05, 0) is 20.0 Å². The van der Waals surface area contributed by atoms with Crippen molar-refractivity contribution >= 4 is 0 Å². The van der Waals surface area contributed by atoms with Gasteiger partial charge in [-0.25, -0.2) is 0 Å². The van der Waals surface area contributed by atoms with E-state index in [-0.39, 0.29) is 12.0 Å². The van der Waals surface area contributed by atoms with Crippen LogP contribution in [0.4, 0.5) is 0 Å². The van der Waals surface area contributed by atoms with Crippen molar-refractivity contribution in [2.45, 2.75) is 18.9 Å². The largest absolute Gasteiger partial charge is 0.469 e. The molecular formula is C12H15N3O3. The van der Waals surface area contributed by atoms with Gasteiger partial charge in [0.15, 0.2) is 0 Å². The molecule has 0 aliphatic carbocycles. The summed E-state index contributed by atoms with van der Waals surface area (Å²) >= 11 is 0. The summed E-state index contributed by atoms with van der Waals surface area (Å²) in [4.78, 5) is 4.44. The number of ether oxygens (including phenoxy) is 1. The predicted molar refractivity (Wildman–Crippen MR) is 63.1 cm³/mol. The number of rotatable bonds is 3. The molecule has 0 radical (unpaired) electrons. The first-order valence-electron chi connectivity index (χ1n) is 5.92. The average Bonchev–Trinajstić information content (AvgIpc) is 3.06. The molecule has 0 aromatic carbocycles. The SMILES string of the molecule is CNC1COCC1c1nc(-c2ccoc2C)no1. The van der Waals surface area contributed by atoms with Crippen LogP contribution in [0.2, 0.25) is 0 Å². The lowest BCUT2D eigenvalue weighted by molar-refractivity contribution is 0.185. The second kappa shape index (κ2) is 4.55. The summed E-state index contributed by atoms with van der Waals surface area (Å²) in [6.45, 7) is 3.15. The minimum atomic E-state index is 0.114. The third-order valence-corrected chi connectivity index (χ3v) is 3.31. The highest BCUT2D eigenvalue weighted by atomic mass is 16.5. The predicted octanol–water partition coefficient (Wildman–Crippen LogP) is 1.34. The molecule has 6 nitrogen and oxygen atoms in total. The van der Waals surface area contributed by atoms with Crippen LogP contribution in [0.5, 0.6) is 0 Å². The first kappa shape index (κ1) is 11.4. The maximum atomic E-state index is 5.43. The molecule has 3 rings (SSSR count). The van der Waals surface area contributed by atoms with Crippen LogP contribution < -0.4 is 5.32 Å². The Kier molecular flexibility index (Phi) is 2.89. The number of hydrogen-bond acceptors (Lipinski definition) is 6. The van der Waals surface area contributed by atoms with Gasteiger partial charge in [0.05, 0.1) is 31.0 Å². The molecule has 18 heavy (non-hydrogen) atoms. The van der Waals surface area contributed by atoms with Gasteiger partial charge in [0.1, 0.15) is 5.76 Å². The zero-order chi connectivity index (χ0) is 12.5. The minimum absolute atomic E-state index is 0.114. The molecule has 6 heteroatoms. The number of furan rings is 1. The molecule has 1 fully saturated rings. The van der Waals surface area contributed by atoms with Gasteiger partial charge >= 0.3 is 0 Å². The molecule has 1 aliphatic heterocycles. The Balaban J connectivity index is 1.88. The second-order valence-corrected chi connectivity index (χ2v) is 4.39. The van der Waals surface area contributed by atoms with E-state index in [2.05, 4.69) is 15.5 Å². The van der Waals surface area contributed by atoms with Crippen LogP contribution in [0.1, 0.15) is 17.6 Å². The quantitative estimate of drug-likeness (QED) is 0.884. The highest BCUT2D eigenvalue weighted by Crippen LogP contribution is 2.27. The van der Waals surface area contributed by atoms with E-state index >= 15 is 0 Å². The standard InChI is InChI=1S/C12H15N3O3/c1-7-8(3-4-17-7)11-14-12(18-15-11)9-5-16-6-10(9)13-2/h3-4,9-10,13H,5-6H2,1-2H3. The number of nitrogens with one attached hydrogen (secondary N) is 1. The van der Waals surface area contributed by atoms with E-state index in [4.69, 9.17) is 13.7 Å². The van der Waals surface area contributed by atoms with E-state index < -0.39 is 0 Å². The maximum absolute atomic E-state index is 5.43. The summed E-state index contributed by atoms with van der Waals surface area (Å²) in [6.07, 6.45) is 1.62. The van der Waals surface area contributed by atoms with E-state index in [9.17, 15) is 0 Å². The third-order valence-electron chi connectivity index (χ3n) is 3.31. The third kappa shape index (κ3) is 1.83. The number of likely N-dealkylation sites (N-methyl/N-ethyl adjacent to an activating group) is 1. The normalized spacial score (nSPS) is 23.7. The lowest BCUT2D eigenvalue weighted by Crippen LogP contribution is -2.31. The Labute approximate surface area is 104 Å². The fraction of sp³-hybridized carbons (Fsp3) is 0.500. The highest BCUT2D eigenvalue weighted by molar-refractivity contribution is 5.56. The van der Waals surface area contributed by atoms with Gasteiger partial charge in [-0.2, -0.15) is 4.98 Å². The van der Waals surface area contributed by atoms with Crippen molar-refractivity contribution in [1.29, 1.82) is 0 Å². The Morgan fingerprint density at radius 3 is 3.00 bits per heavy atom. The van der Waals surface area contributed by atoms with Gasteiger partial charge in [0, 0.05) is 6.04 Å². The molecule has 2 atom stereocenters. The van der Waals surface area contributed by atoms with Gasteiger partial charge in [-0.15, -0.1) is 0 Å². The summed E-state index contributed by atoms with van der Waals surface area (Å²) in [6, 6.07) is 2.06. The highest BCUT2D eigenvalue weighted by Gasteiger charge is 2.33. The number of nitrogens with zero attached hydrogens (tertiary/aromatic N) is 2. The Morgan fingerprint density at radius 2 is 2.28 bits per heavy atom. The van der Waals surface area contributed by atoms with Crippen molar-refractivity contribution < 1.29 is 13.7 Å². The molecule has 1 N–H and O–H groups in total. The summed E-state index contributed by atoms with van der Waals surface area (Å²) in [5, 5.41) is 7.20. The van der Waals surface area contributed by atoms with Crippen molar-refractivity contribution in [3.8, 4) is 11.4 Å². The number of aryl methyl sites for hydroxylation is 1. The van der Waals surface area contributed by atoms with Crippen molar-refractivity contribution in [3.63, 3.8) is 0 Å². The molecule has 0 amide bonds. The van der Waals surface area contributed by atoms with Gasteiger partial charge < -0.3 is 19.0 Å². The van der Waals surface area contributed by atoms with Crippen LogP contribution >= 0.6 is 0 Å². The van der Waals surface area contributed by atoms with Crippen LogP contribution in [-0.4, -0.2) is 36.4 Å². The summed E-state index contributed by atoms with van der Waals surface area (Å²) in [5.41, 5.74) is 0.866. The van der Waals surface area contributed by atoms with E-state index in [0.29, 0.717) is 24.9 Å². The summed E-state index contributed by atoms with van der Waals surface area (Å²) < 4.78 is 16.0. The zero-order valence-electron chi connectivity index (χ0n) is 10.3. The van der Waals surface area contributed by atoms with Crippen molar-refractivity contribution in [1.82, 2.24) is 15.5 Å².